The van der Waals surface area contributed by atoms with E-state index in [4.69, 9.17) is 0 Å². The second-order valence-electron chi connectivity index (χ2n) is 30.6. The molecule has 1 atom stereocenters. The average Bonchev–Trinajstić information content (AvgIpc) is 3.23. The molecule has 0 spiro atoms. The maximum Gasteiger partial charge on any atom is 0.349 e. The highest BCUT2D eigenvalue weighted by Gasteiger charge is 2.73. The molecule has 0 aromatic heterocycles. The maximum atomic E-state index is 16.0. The van der Waals surface area contributed by atoms with Crippen LogP contribution in [-0.2, 0) is 52.5 Å². The standard InChI is InChI=1S/C68H92O6P2/c1-60(2,3)40-28-32-44(50(36-40)64(13,14)15)45-26-25-27-49-54(45)59-57(49)55(46-33-29-41(61(4,5)6)37-51(46)65(16,17)18)56(47-34-30-42(62(7,8)9)38-52(47)66(19,20)21)58(68(59,75(69,70)71)76(72,73)74)48-35-31-43(63(10,11)12)39-53(48)67(22,23)24/h25-39,58H,1-24H3,(H2,69,70,71)(H2,72,73,74). The van der Waals surface area contributed by atoms with E-state index in [2.05, 4.69) is 227 Å². The first-order valence-electron chi connectivity index (χ1n) is 27.4. The number of fused-ring (bicyclic) bond motifs is 3. The second kappa shape index (κ2) is 18.5. The molecule has 6 nitrogen and oxygen atoms in total. The normalized spacial score (nSPS) is 17.2. The van der Waals surface area contributed by atoms with Crippen LogP contribution >= 0.6 is 15.2 Å². The molecule has 0 saturated carbocycles. The van der Waals surface area contributed by atoms with Crippen LogP contribution in [0.25, 0.3) is 33.4 Å². The van der Waals surface area contributed by atoms with Crippen molar-refractivity contribution >= 4 is 37.5 Å². The molecule has 0 saturated heterocycles. The zero-order valence-corrected chi connectivity index (χ0v) is 52.5. The van der Waals surface area contributed by atoms with Crippen LogP contribution in [0.1, 0.15) is 244 Å². The Morgan fingerprint density at radius 1 is 0.355 bits per heavy atom. The van der Waals surface area contributed by atoms with E-state index in [0.717, 1.165) is 61.2 Å². The van der Waals surface area contributed by atoms with Crippen molar-refractivity contribution < 1.29 is 28.7 Å². The molecule has 1 unspecified atom stereocenters. The summed E-state index contributed by atoms with van der Waals surface area (Å²) in [6.07, 6.45) is 0. The summed E-state index contributed by atoms with van der Waals surface area (Å²) in [6, 6.07) is 31.6. The van der Waals surface area contributed by atoms with Gasteiger partial charge in [-0.3, -0.25) is 9.13 Å². The minimum atomic E-state index is -6.01. The van der Waals surface area contributed by atoms with Gasteiger partial charge in [0.25, 0.3) is 0 Å². The van der Waals surface area contributed by atoms with Gasteiger partial charge in [-0.2, -0.15) is 0 Å². The Kier molecular flexibility index (Phi) is 14.5. The Labute approximate surface area is 458 Å². The van der Waals surface area contributed by atoms with Crippen molar-refractivity contribution in [2.24, 2.45) is 0 Å². The maximum absolute atomic E-state index is 16.0. The van der Waals surface area contributed by atoms with Crippen LogP contribution in [0.15, 0.2) is 91.0 Å². The lowest BCUT2D eigenvalue weighted by molar-refractivity contribution is 0.318. The predicted molar refractivity (Wildman–Crippen MR) is 324 cm³/mol. The summed E-state index contributed by atoms with van der Waals surface area (Å²) in [5.41, 5.74) is 11.4. The fourth-order valence-corrected chi connectivity index (χ4v) is 15.5. The smallest absolute Gasteiger partial charge is 0.323 e. The molecule has 5 aromatic carbocycles. The van der Waals surface area contributed by atoms with E-state index in [1.807, 2.05) is 30.3 Å². The first-order valence-corrected chi connectivity index (χ1v) is 30.6. The van der Waals surface area contributed by atoms with E-state index in [9.17, 15) is 19.6 Å². The largest absolute Gasteiger partial charge is 0.349 e. The van der Waals surface area contributed by atoms with Gasteiger partial charge in [0.05, 0.1) is 0 Å². The lowest BCUT2D eigenvalue weighted by Gasteiger charge is -2.54. The fraction of sp³-hybridized carbons (Fsp3) is 0.500. The van der Waals surface area contributed by atoms with E-state index in [0.29, 0.717) is 39.0 Å². The van der Waals surface area contributed by atoms with Crippen molar-refractivity contribution in [3.05, 3.63) is 163 Å². The molecule has 7 rings (SSSR count). The number of hydrogen-bond acceptors (Lipinski definition) is 2. The van der Waals surface area contributed by atoms with Gasteiger partial charge in [0, 0.05) is 11.5 Å². The summed E-state index contributed by atoms with van der Waals surface area (Å²) in [7, 11) is -12.0. The molecule has 76 heavy (non-hydrogen) atoms. The van der Waals surface area contributed by atoms with Crippen LogP contribution in [0.5, 0.6) is 0 Å². The third-order valence-corrected chi connectivity index (χ3v) is 20.6. The first-order chi connectivity index (χ1) is 34.1. The number of allylic oxidation sites excluding steroid dienone is 4. The predicted octanol–water partition coefficient (Wildman–Crippen LogP) is 18.4. The van der Waals surface area contributed by atoms with Crippen molar-refractivity contribution in [1.82, 2.24) is 0 Å². The topological polar surface area (TPSA) is 115 Å². The van der Waals surface area contributed by atoms with E-state index in [1.165, 1.54) is 0 Å². The van der Waals surface area contributed by atoms with Gasteiger partial charge in [0.15, 0.2) is 0 Å². The van der Waals surface area contributed by atoms with Crippen molar-refractivity contribution in [3.63, 3.8) is 0 Å². The number of hydrogen-bond donors (Lipinski definition) is 4. The van der Waals surface area contributed by atoms with E-state index >= 15 is 9.13 Å². The van der Waals surface area contributed by atoms with Gasteiger partial charge in [-0.15, -0.1) is 0 Å². The van der Waals surface area contributed by atoms with E-state index in [-0.39, 0.29) is 27.2 Å². The molecule has 0 radical (unpaired) electrons. The molecule has 2 aliphatic rings. The molecule has 5 aromatic rings. The SMILES string of the molecule is CC(C)(C)c1ccc(C2=C(c3ccc(C(C)(C)C)cc3C(C)(C)C)C(c3ccc(C(C)(C)C)cc3C(C)(C)C)C(P(=O)(O)O)(P(=O)(O)O)C3=C2c2cccc(-c4ccc(C(C)(C)C)cc4C(C)(C)C)c23)c(C(C)(C)C)c1. The zero-order chi connectivity index (χ0) is 57.7. The zero-order valence-electron chi connectivity index (χ0n) is 50.7. The molecule has 0 heterocycles. The summed E-state index contributed by atoms with van der Waals surface area (Å²) in [5, 5.41) is 0. The fourth-order valence-electron chi connectivity index (χ4n) is 11.9. The molecule has 8 heteroatoms. The summed E-state index contributed by atoms with van der Waals surface area (Å²) >= 11 is 0. The van der Waals surface area contributed by atoms with Crippen molar-refractivity contribution in [3.8, 4) is 11.1 Å². The molecule has 0 aliphatic heterocycles. The molecule has 2 aliphatic carbocycles. The van der Waals surface area contributed by atoms with E-state index < -0.39 is 47.7 Å². The summed E-state index contributed by atoms with van der Waals surface area (Å²) in [4.78, 5) is 48.6. The third-order valence-electron chi connectivity index (χ3n) is 16.3. The van der Waals surface area contributed by atoms with Crippen molar-refractivity contribution in [2.75, 3.05) is 0 Å². The van der Waals surface area contributed by atoms with Crippen LogP contribution in [0.4, 0.5) is 0 Å². The lowest BCUT2D eigenvalue weighted by Crippen LogP contribution is -2.45. The lowest BCUT2D eigenvalue weighted by atomic mass is 9.58. The molecule has 0 fully saturated rings. The Balaban J connectivity index is 1.91. The summed E-state index contributed by atoms with van der Waals surface area (Å²) < 4.78 is 31.9. The summed E-state index contributed by atoms with van der Waals surface area (Å²) in [5.74, 6) is -1.59. The highest BCUT2D eigenvalue weighted by molar-refractivity contribution is 7.73. The van der Waals surface area contributed by atoms with Crippen LogP contribution in [-0.4, -0.2) is 24.5 Å². The van der Waals surface area contributed by atoms with Gasteiger partial charge >= 0.3 is 15.2 Å². The van der Waals surface area contributed by atoms with Gasteiger partial charge in [0.1, 0.15) is 0 Å². The minimum Gasteiger partial charge on any atom is -0.323 e. The quantitative estimate of drug-likeness (QED) is 0.126. The van der Waals surface area contributed by atoms with Gasteiger partial charge in [-0.1, -0.05) is 257 Å². The summed E-state index contributed by atoms with van der Waals surface area (Å²) in [6.45, 7) is 51.9. The van der Waals surface area contributed by atoms with Crippen LogP contribution in [0.3, 0.4) is 0 Å². The van der Waals surface area contributed by atoms with Gasteiger partial charge < -0.3 is 19.6 Å². The molecule has 0 bridgehead atoms. The van der Waals surface area contributed by atoms with E-state index in [1.54, 1.807) is 0 Å². The number of rotatable bonds is 6. The Morgan fingerprint density at radius 3 is 1.07 bits per heavy atom. The number of benzene rings is 5. The van der Waals surface area contributed by atoms with Crippen LogP contribution in [0.2, 0.25) is 0 Å². The minimum absolute atomic E-state index is 0.0198. The van der Waals surface area contributed by atoms with Gasteiger partial charge in [0.2, 0.25) is 4.90 Å². The van der Waals surface area contributed by atoms with Crippen molar-refractivity contribution in [1.29, 1.82) is 0 Å². The average molecular weight is 1070 g/mol. The molecular formula is C68H92O6P2. The van der Waals surface area contributed by atoms with Crippen molar-refractivity contribution in [2.45, 2.75) is 220 Å². The Bertz CT molecular complexity index is 3290. The van der Waals surface area contributed by atoms with Crippen LogP contribution in [0, 0.1) is 0 Å². The molecule has 0 amide bonds. The van der Waals surface area contributed by atoms with Gasteiger partial charge in [-0.25, -0.2) is 0 Å². The first kappa shape index (κ1) is 59.5. The highest BCUT2D eigenvalue weighted by atomic mass is 31.2. The Morgan fingerprint density at radius 2 is 0.684 bits per heavy atom. The second-order valence-corrected chi connectivity index (χ2v) is 34.5. The highest BCUT2D eigenvalue weighted by Crippen LogP contribution is 2.85. The molecule has 410 valence electrons. The van der Waals surface area contributed by atoms with Crippen LogP contribution < -0.4 is 0 Å². The van der Waals surface area contributed by atoms with Gasteiger partial charge in [-0.05, 0) is 143 Å². The molecular weight excluding hydrogens is 975 g/mol. The Hall–Kier alpha value is -4.12. The molecule has 4 N–H and O–H groups in total. The third kappa shape index (κ3) is 10.2. The monoisotopic (exact) mass is 1070 g/mol.